The Morgan fingerprint density at radius 3 is 2.43 bits per heavy atom. The number of hydrogen-bond donors (Lipinski definition) is 2. The third kappa shape index (κ3) is 3.86. The molecule has 2 aromatic heterocycles. The molecule has 0 radical (unpaired) electrons. The van der Waals surface area contributed by atoms with Crippen LogP contribution in [0.3, 0.4) is 0 Å². The molecular weight excluding hydrogens is 327 g/mol. The summed E-state index contributed by atoms with van der Waals surface area (Å²) in [6.45, 7) is 0. The van der Waals surface area contributed by atoms with E-state index in [2.05, 4.69) is 20.2 Å². The predicted octanol–water partition coefficient (Wildman–Crippen LogP) is 3.04. The van der Waals surface area contributed by atoms with Gasteiger partial charge >= 0.3 is 6.18 Å². The summed E-state index contributed by atoms with van der Waals surface area (Å²) in [6.07, 6.45) is -3.49. The molecule has 3 rings (SSSR count). The number of hydrogen-bond acceptors (Lipinski definition) is 5. The van der Waals surface area contributed by atoms with Gasteiger partial charge in [0.05, 0.1) is 17.7 Å². The number of halogens is 3. The van der Waals surface area contributed by atoms with Gasteiger partial charge in [0.25, 0.3) is 0 Å². The zero-order chi connectivity index (χ0) is 16.4. The lowest BCUT2D eigenvalue weighted by atomic mass is 10.1. The Morgan fingerprint density at radius 1 is 1.09 bits per heavy atom. The van der Waals surface area contributed by atoms with Crippen molar-refractivity contribution in [2.45, 2.75) is 19.0 Å². The Balaban J connectivity index is 1.67. The molecule has 0 bridgehead atoms. The number of nitrogens with two attached hydrogens (primary N) is 1. The molecule has 120 valence electrons. The maximum atomic E-state index is 12.5. The van der Waals surface area contributed by atoms with Crippen molar-refractivity contribution in [1.82, 2.24) is 20.2 Å². The van der Waals surface area contributed by atoms with Gasteiger partial charge in [-0.25, -0.2) is 9.97 Å². The van der Waals surface area contributed by atoms with Gasteiger partial charge < -0.3 is 5.73 Å². The number of nitrogens with zero attached hydrogens (tertiary/aromatic N) is 3. The number of anilines is 1. The first kappa shape index (κ1) is 15.5. The number of H-pyrrole nitrogens is 1. The number of thiazole rings is 1. The molecular formula is C14H12F3N5S. The smallest absolute Gasteiger partial charge is 0.375 e. The van der Waals surface area contributed by atoms with E-state index >= 15 is 0 Å². The van der Waals surface area contributed by atoms with Crippen LogP contribution in [0.2, 0.25) is 0 Å². The van der Waals surface area contributed by atoms with Crippen molar-refractivity contribution >= 4 is 16.5 Å². The van der Waals surface area contributed by atoms with Crippen molar-refractivity contribution in [2.75, 3.05) is 5.73 Å². The third-order valence-corrected chi connectivity index (χ3v) is 3.86. The first-order valence-corrected chi connectivity index (χ1v) is 7.54. The van der Waals surface area contributed by atoms with Crippen LogP contribution in [0.5, 0.6) is 0 Å². The van der Waals surface area contributed by atoms with Crippen molar-refractivity contribution in [3.8, 4) is 0 Å². The molecule has 0 aliphatic rings. The lowest BCUT2D eigenvalue weighted by molar-refractivity contribution is -0.137. The number of nitrogen functional groups attached to an aromatic ring is 1. The summed E-state index contributed by atoms with van der Waals surface area (Å²) in [6, 6.07) is 4.99. The molecule has 0 aliphatic heterocycles. The Kier molecular flexibility index (Phi) is 4.03. The first-order chi connectivity index (χ1) is 10.9. The zero-order valence-corrected chi connectivity index (χ0v) is 12.6. The highest BCUT2D eigenvalue weighted by Gasteiger charge is 2.29. The van der Waals surface area contributed by atoms with Gasteiger partial charge in [0.15, 0.2) is 11.0 Å². The normalized spacial score (nSPS) is 11.8. The molecule has 9 heteroatoms. The number of rotatable bonds is 4. The van der Waals surface area contributed by atoms with Gasteiger partial charge in [0.1, 0.15) is 5.82 Å². The topological polar surface area (TPSA) is 80.5 Å². The molecule has 3 N–H and O–H groups in total. The summed E-state index contributed by atoms with van der Waals surface area (Å²) >= 11 is 1.35. The summed E-state index contributed by atoms with van der Waals surface area (Å²) in [5.41, 5.74) is 6.40. The van der Waals surface area contributed by atoms with Crippen LogP contribution in [0.15, 0.2) is 29.6 Å². The van der Waals surface area contributed by atoms with Crippen LogP contribution >= 0.6 is 11.3 Å². The molecule has 2 heterocycles. The average Bonchev–Trinajstić information content (AvgIpc) is 3.08. The van der Waals surface area contributed by atoms with Crippen LogP contribution in [-0.4, -0.2) is 20.2 Å². The molecule has 0 amide bonds. The van der Waals surface area contributed by atoms with Crippen molar-refractivity contribution in [1.29, 1.82) is 0 Å². The maximum absolute atomic E-state index is 12.5. The summed E-state index contributed by atoms with van der Waals surface area (Å²) in [5.74, 6) is 1.15. The second-order valence-corrected chi connectivity index (χ2v) is 5.81. The summed E-state index contributed by atoms with van der Waals surface area (Å²) in [5, 5.41) is 9.19. The first-order valence-electron chi connectivity index (χ1n) is 6.66. The number of benzene rings is 1. The molecule has 0 aliphatic carbocycles. The quantitative estimate of drug-likeness (QED) is 0.765. The minimum Gasteiger partial charge on any atom is -0.375 e. The third-order valence-electron chi connectivity index (χ3n) is 3.14. The van der Waals surface area contributed by atoms with Crippen LogP contribution in [0.4, 0.5) is 18.3 Å². The minimum absolute atomic E-state index is 0.379. The molecule has 0 fully saturated rings. The van der Waals surface area contributed by atoms with Gasteiger partial charge in [-0.3, -0.25) is 5.10 Å². The molecule has 0 saturated heterocycles. The average molecular weight is 339 g/mol. The van der Waals surface area contributed by atoms with Crippen LogP contribution in [0.1, 0.15) is 28.5 Å². The van der Waals surface area contributed by atoms with E-state index in [-0.39, 0.29) is 0 Å². The monoisotopic (exact) mass is 339 g/mol. The Hall–Kier alpha value is -2.42. The van der Waals surface area contributed by atoms with E-state index in [1.807, 2.05) is 5.38 Å². The van der Waals surface area contributed by atoms with Crippen LogP contribution in [-0.2, 0) is 19.0 Å². The van der Waals surface area contributed by atoms with Gasteiger partial charge in [-0.2, -0.15) is 18.3 Å². The van der Waals surface area contributed by atoms with Gasteiger partial charge in [-0.05, 0) is 17.7 Å². The van der Waals surface area contributed by atoms with E-state index in [4.69, 9.17) is 5.73 Å². The molecule has 0 atom stereocenters. The van der Waals surface area contributed by atoms with Crippen LogP contribution < -0.4 is 5.73 Å². The maximum Gasteiger partial charge on any atom is 0.416 e. The van der Waals surface area contributed by atoms with Gasteiger partial charge in [0.2, 0.25) is 0 Å². The molecule has 3 aromatic rings. The second-order valence-electron chi connectivity index (χ2n) is 4.92. The molecule has 0 unspecified atom stereocenters. The van der Waals surface area contributed by atoms with Crippen LogP contribution in [0, 0.1) is 0 Å². The molecule has 0 saturated carbocycles. The highest BCUT2D eigenvalue weighted by Crippen LogP contribution is 2.29. The van der Waals surface area contributed by atoms with Gasteiger partial charge in [0, 0.05) is 11.8 Å². The number of alkyl halides is 3. The largest absolute Gasteiger partial charge is 0.416 e. The van der Waals surface area contributed by atoms with Crippen molar-refractivity contribution in [3.05, 3.63) is 58.1 Å². The summed E-state index contributed by atoms with van der Waals surface area (Å²) < 4.78 is 37.5. The molecule has 5 nitrogen and oxygen atoms in total. The highest BCUT2D eigenvalue weighted by molar-refractivity contribution is 7.13. The SMILES string of the molecule is Nc1nc(Cc2n[nH]c(Cc3ccc(C(F)(F)F)cc3)n2)cs1. The summed E-state index contributed by atoms with van der Waals surface area (Å²) in [4.78, 5) is 8.44. The van der Waals surface area contributed by atoms with E-state index in [0.29, 0.717) is 29.6 Å². The molecule has 0 spiro atoms. The van der Waals surface area contributed by atoms with Gasteiger partial charge in [-0.15, -0.1) is 11.3 Å². The van der Waals surface area contributed by atoms with E-state index in [9.17, 15) is 13.2 Å². The zero-order valence-electron chi connectivity index (χ0n) is 11.8. The fourth-order valence-corrected chi connectivity index (χ4v) is 2.63. The van der Waals surface area contributed by atoms with E-state index in [0.717, 1.165) is 23.4 Å². The Bertz CT molecular complexity index is 791. The second kappa shape index (κ2) is 5.99. The van der Waals surface area contributed by atoms with Crippen molar-refractivity contribution in [3.63, 3.8) is 0 Å². The molecule has 1 aromatic carbocycles. The van der Waals surface area contributed by atoms with E-state index in [1.54, 1.807) is 0 Å². The fraction of sp³-hybridized carbons (Fsp3) is 0.214. The van der Waals surface area contributed by atoms with Gasteiger partial charge in [-0.1, -0.05) is 12.1 Å². The highest BCUT2D eigenvalue weighted by atomic mass is 32.1. The number of aromatic amines is 1. The number of aromatic nitrogens is 4. The van der Waals surface area contributed by atoms with Crippen LogP contribution in [0.25, 0.3) is 0 Å². The minimum atomic E-state index is -4.33. The van der Waals surface area contributed by atoms with E-state index in [1.165, 1.54) is 23.5 Å². The van der Waals surface area contributed by atoms with Crippen molar-refractivity contribution in [2.24, 2.45) is 0 Å². The van der Waals surface area contributed by atoms with E-state index < -0.39 is 11.7 Å². The fourth-order valence-electron chi connectivity index (χ4n) is 2.06. The lowest BCUT2D eigenvalue weighted by Gasteiger charge is -2.06. The number of nitrogens with one attached hydrogen (secondary N) is 1. The predicted molar refractivity (Wildman–Crippen MR) is 80.0 cm³/mol. The lowest BCUT2D eigenvalue weighted by Crippen LogP contribution is -2.04. The van der Waals surface area contributed by atoms with Crippen molar-refractivity contribution < 1.29 is 13.2 Å². The standard InChI is InChI=1S/C14H12F3N5S/c15-14(16,17)9-3-1-8(2-4-9)5-11-20-12(22-21-11)6-10-7-23-13(18)19-10/h1-4,7H,5-6H2,(H2,18,19)(H,20,21,22). The Morgan fingerprint density at radius 2 is 1.83 bits per heavy atom. The summed E-state index contributed by atoms with van der Waals surface area (Å²) in [7, 11) is 0. The Labute approximate surface area is 133 Å². The molecule has 23 heavy (non-hydrogen) atoms.